The highest BCUT2D eigenvalue weighted by molar-refractivity contribution is 6.31. The van der Waals surface area contributed by atoms with Gasteiger partial charge in [0.2, 0.25) is 5.91 Å². The molecular formula is C13H11ClF3N5O3. The maximum atomic E-state index is 12.8. The van der Waals surface area contributed by atoms with Crippen LogP contribution in [0.5, 0.6) is 0 Å². The van der Waals surface area contributed by atoms with Crippen LogP contribution in [0.15, 0.2) is 23.3 Å². The summed E-state index contributed by atoms with van der Waals surface area (Å²) in [6, 6.07) is 0.892. The number of rotatable bonds is 3. The first kappa shape index (κ1) is 18.7. The van der Waals surface area contributed by atoms with E-state index in [1.54, 1.807) is 0 Å². The van der Waals surface area contributed by atoms with Gasteiger partial charge in [0.05, 0.1) is 16.6 Å². The molecule has 1 aliphatic heterocycles. The van der Waals surface area contributed by atoms with E-state index in [4.69, 9.17) is 22.2 Å². The summed E-state index contributed by atoms with van der Waals surface area (Å²) in [5, 5.41) is 14.2. The van der Waals surface area contributed by atoms with Gasteiger partial charge in [0.15, 0.2) is 0 Å². The average Bonchev–Trinajstić information content (AvgIpc) is 2.93. The summed E-state index contributed by atoms with van der Waals surface area (Å²) < 4.78 is 38.5. The van der Waals surface area contributed by atoms with E-state index in [-0.39, 0.29) is 18.7 Å². The first-order chi connectivity index (χ1) is 11.6. The van der Waals surface area contributed by atoms with Crippen molar-refractivity contribution < 1.29 is 27.9 Å². The van der Waals surface area contributed by atoms with Crippen molar-refractivity contribution in [2.75, 3.05) is 11.9 Å². The molecule has 1 heterocycles. The summed E-state index contributed by atoms with van der Waals surface area (Å²) in [4.78, 5) is 26.8. The van der Waals surface area contributed by atoms with Crippen LogP contribution in [-0.4, -0.2) is 40.6 Å². The van der Waals surface area contributed by atoms with Crippen molar-refractivity contribution in [3.05, 3.63) is 39.2 Å². The van der Waals surface area contributed by atoms with Crippen molar-refractivity contribution in [3.63, 3.8) is 0 Å². The Hall–Kier alpha value is -2.65. The zero-order chi connectivity index (χ0) is 18.8. The molecule has 12 heteroatoms. The Morgan fingerprint density at radius 2 is 2.12 bits per heavy atom. The van der Waals surface area contributed by atoms with E-state index in [0.29, 0.717) is 6.07 Å². The highest BCUT2D eigenvalue weighted by Crippen LogP contribution is 2.36. The molecule has 2 rings (SSSR count). The number of anilines is 1. The molecule has 0 saturated carbocycles. The van der Waals surface area contributed by atoms with Gasteiger partial charge in [0.25, 0.3) is 0 Å². The van der Waals surface area contributed by atoms with Crippen LogP contribution in [0, 0.1) is 0 Å². The summed E-state index contributed by atoms with van der Waals surface area (Å²) >= 11 is 5.50. The normalized spacial score (nSPS) is 20.1. The molecule has 0 aliphatic carbocycles. The molecule has 2 amide bonds. The van der Waals surface area contributed by atoms with Crippen LogP contribution in [0.3, 0.4) is 0 Å². The predicted octanol–water partition coefficient (Wildman–Crippen LogP) is 3.73. The average molecular weight is 378 g/mol. The monoisotopic (exact) mass is 377 g/mol. The van der Waals surface area contributed by atoms with Crippen LogP contribution in [0.25, 0.3) is 10.4 Å². The van der Waals surface area contributed by atoms with Gasteiger partial charge in [-0.2, -0.15) is 13.2 Å². The summed E-state index contributed by atoms with van der Waals surface area (Å²) in [5.41, 5.74) is 7.11. The van der Waals surface area contributed by atoms with Gasteiger partial charge in [-0.15, -0.1) is 0 Å². The SMILES string of the molecule is [N-]=[N+]=N[C@H]1C[C@@H](C(=O)Nc2ccc(Cl)c(C(F)(F)F)c2)N(C(=O)O)C1. The number of alkyl halides is 3. The van der Waals surface area contributed by atoms with Gasteiger partial charge in [-0.3, -0.25) is 9.69 Å². The van der Waals surface area contributed by atoms with E-state index in [0.717, 1.165) is 11.0 Å². The molecule has 0 aromatic heterocycles. The van der Waals surface area contributed by atoms with Crippen molar-refractivity contribution in [3.8, 4) is 0 Å². The lowest BCUT2D eigenvalue weighted by molar-refractivity contribution is -0.137. The summed E-state index contributed by atoms with van der Waals surface area (Å²) in [6.45, 7) is -0.175. The van der Waals surface area contributed by atoms with Crippen molar-refractivity contribution in [1.29, 1.82) is 0 Å². The number of carboxylic acid groups (broad SMARTS) is 1. The maximum absolute atomic E-state index is 12.8. The zero-order valence-electron chi connectivity index (χ0n) is 12.4. The first-order valence-electron chi connectivity index (χ1n) is 6.85. The third-order valence-corrected chi connectivity index (χ3v) is 3.91. The fourth-order valence-corrected chi connectivity index (χ4v) is 2.70. The molecule has 1 saturated heterocycles. The topological polar surface area (TPSA) is 118 Å². The Morgan fingerprint density at radius 1 is 1.44 bits per heavy atom. The van der Waals surface area contributed by atoms with Crippen LogP contribution in [0.1, 0.15) is 12.0 Å². The number of carbonyl (C=O) groups is 2. The predicted molar refractivity (Wildman–Crippen MR) is 81.2 cm³/mol. The third kappa shape index (κ3) is 4.25. The molecule has 0 spiro atoms. The second-order valence-electron chi connectivity index (χ2n) is 5.23. The number of halogens is 4. The number of hydrogen-bond acceptors (Lipinski definition) is 3. The number of azide groups is 1. The van der Waals surface area contributed by atoms with Gasteiger partial charge in [-0.05, 0) is 30.2 Å². The Balaban J connectivity index is 2.21. The highest BCUT2D eigenvalue weighted by Gasteiger charge is 2.39. The van der Waals surface area contributed by atoms with Gasteiger partial charge in [0.1, 0.15) is 6.04 Å². The number of nitrogens with zero attached hydrogens (tertiary/aromatic N) is 4. The molecule has 2 N–H and O–H groups in total. The molecule has 0 radical (unpaired) electrons. The number of benzene rings is 1. The van der Waals surface area contributed by atoms with Crippen LogP contribution in [0.2, 0.25) is 5.02 Å². The van der Waals surface area contributed by atoms with E-state index in [1.807, 2.05) is 0 Å². The van der Waals surface area contributed by atoms with E-state index in [2.05, 4.69) is 15.3 Å². The molecule has 8 nitrogen and oxygen atoms in total. The smallest absolute Gasteiger partial charge is 0.417 e. The largest absolute Gasteiger partial charge is 0.465 e. The van der Waals surface area contributed by atoms with Crippen molar-refractivity contribution >= 4 is 29.3 Å². The highest BCUT2D eigenvalue weighted by atomic mass is 35.5. The molecule has 0 unspecified atom stereocenters. The van der Waals surface area contributed by atoms with E-state index >= 15 is 0 Å². The number of amides is 2. The Morgan fingerprint density at radius 3 is 2.68 bits per heavy atom. The van der Waals surface area contributed by atoms with E-state index in [9.17, 15) is 22.8 Å². The molecule has 1 fully saturated rings. The lowest BCUT2D eigenvalue weighted by Gasteiger charge is -2.21. The molecule has 1 aromatic rings. The molecule has 0 bridgehead atoms. The zero-order valence-corrected chi connectivity index (χ0v) is 13.1. The molecule has 25 heavy (non-hydrogen) atoms. The number of likely N-dealkylation sites (tertiary alicyclic amines) is 1. The molecular weight excluding hydrogens is 367 g/mol. The number of hydrogen-bond donors (Lipinski definition) is 2. The van der Waals surface area contributed by atoms with E-state index in [1.165, 1.54) is 6.07 Å². The van der Waals surface area contributed by atoms with E-state index < -0.39 is 40.8 Å². The van der Waals surface area contributed by atoms with Gasteiger partial charge >= 0.3 is 12.3 Å². The Kier molecular flexibility index (Phi) is 5.29. The van der Waals surface area contributed by atoms with Gasteiger partial charge < -0.3 is 10.4 Å². The minimum absolute atomic E-state index is 0.0675. The van der Waals surface area contributed by atoms with Crippen molar-refractivity contribution in [2.45, 2.75) is 24.7 Å². The minimum Gasteiger partial charge on any atom is -0.465 e. The van der Waals surface area contributed by atoms with Crippen LogP contribution in [0.4, 0.5) is 23.7 Å². The van der Waals surface area contributed by atoms with Crippen LogP contribution in [-0.2, 0) is 11.0 Å². The minimum atomic E-state index is -4.70. The van der Waals surface area contributed by atoms with Crippen LogP contribution >= 0.6 is 11.6 Å². The lowest BCUT2D eigenvalue weighted by atomic mass is 10.1. The Labute approximate surface area is 143 Å². The summed E-state index contributed by atoms with van der Waals surface area (Å²) in [6.07, 6.45) is -6.17. The first-order valence-corrected chi connectivity index (χ1v) is 7.22. The fraction of sp³-hybridized carbons (Fsp3) is 0.385. The van der Waals surface area contributed by atoms with Crippen molar-refractivity contribution in [2.24, 2.45) is 5.11 Å². The lowest BCUT2D eigenvalue weighted by Crippen LogP contribution is -2.42. The molecule has 1 aromatic carbocycles. The van der Waals surface area contributed by atoms with Gasteiger partial charge in [-0.25, -0.2) is 4.79 Å². The van der Waals surface area contributed by atoms with Gasteiger partial charge in [0, 0.05) is 17.1 Å². The molecule has 134 valence electrons. The quantitative estimate of drug-likeness (QED) is 0.474. The third-order valence-electron chi connectivity index (χ3n) is 3.58. The number of carbonyl (C=O) groups excluding carboxylic acids is 1. The summed E-state index contributed by atoms with van der Waals surface area (Å²) in [7, 11) is 0. The number of nitrogens with one attached hydrogen (secondary N) is 1. The van der Waals surface area contributed by atoms with Gasteiger partial charge in [-0.1, -0.05) is 16.7 Å². The second kappa shape index (κ2) is 7.08. The fourth-order valence-electron chi connectivity index (χ4n) is 2.48. The second-order valence-corrected chi connectivity index (χ2v) is 5.63. The molecule has 1 aliphatic rings. The standard InChI is InChI=1S/C13H11ClF3N5O3/c14-9-2-1-6(3-8(9)13(15,16)17)19-11(23)10-4-7(20-21-18)5-22(10)12(24)25/h1-3,7,10H,4-5H2,(H,19,23)(H,24,25)/t7-,10-/m0/s1. The Bertz CT molecular complexity index is 751. The maximum Gasteiger partial charge on any atom is 0.417 e. The van der Waals surface area contributed by atoms with Crippen LogP contribution < -0.4 is 5.32 Å². The summed E-state index contributed by atoms with van der Waals surface area (Å²) in [5.74, 6) is -0.825. The molecule has 2 atom stereocenters. The van der Waals surface area contributed by atoms with Crippen molar-refractivity contribution in [1.82, 2.24) is 4.90 Å².